The van der Waals surface area contributed by atoms with Gasteiger partial charge in [0, 0.05) is 46.0 Å². The van der Waals surface area contributed by atoms with Gasteiger partial charge in [-0.05, 0) is 54.2 Å². The second kappa shape index (κ2) is 12.5. The maximum atomic E-state index is 12.5. The number of H-pyrrole nitrogens is 1. The number of aromatic carboxylic acids is 1. The summed E-state index contributed by atoms with van der Waals surface area (Å²) in [7, 11) is 0. The number of nitrogens with one attached hydrogen (secondary N) is 1. The molecule has 6 rings (SSSR count). The quantitative estimate of drug-likeness (QED) is 0.149. The summed E-state index contributed by atoms with van der Waals surface area (Å²) in [4.78, 5) is 15.6. The molecule has 4 aromatic carbocycles. The van der Waals surface area contributed by atoms with E-state index in [2.05, 4.69) is 11.1 Å². The topological polar surface area (TPSA) is 105 Å². The highest BCUT2D eigenvalue weighted by atomic mass is 35.5. The number of hydrogen-bond acceptors (Lipinski definition) is 5. The molecule has 7 nitrogen and oxygen atoms in total. The standard InChI is InChI=1S/C35H29ClN2O5/c36-26-20-31-30(41-21-42-31)19-24(26)18-25-29(43-28(14-8-3-9-17-37)22-10-4-1-5-11-22)16-15-27-33(25)32(34(38-27)35(39)40)23-12-6-2-7-13-23/h1-2,4-7,10-13,15-16,19-20,28,38H,3,8-9,14,18,21H2,(H,39,40). The molecule has 216 valence electrons. The van der Waals surface area contributed by atoms with Crippen LogP contribution in [0.15, 0.2) is 84.9 Å². The minimum absolute atomic E-state index is 0.104. The lowest BCUT2D eigenvalue weighted by Gasteiger charge is -2.23. The first-order valence-electron chi connectivity index (χ1n) is 14.2. The summed E-state index contributed by atoms with van der Waals surface area (Å²) in [6.45, 7) is 0.127. The van der Waals surface area contributed by atoms with Crippen molar-refractivity contribution in [1.29, 1.82) is 5.26 Å². The average Bonchev–Trinajstić information content (AvgIpc) is 3.65. The van der Waals surface area contributed by atoms with E-state index in [9.17, 15) is 9.90 Å². The molecule has 8 heteroatoms. The zero-order chi connectivity index (χ0) is 29.8. The number of fused-ring (bicyclic) bond motifs is 2. The average molecular weight is 593 g/mol. The number of nitriles is 1. The van der Waals surface area contributed by atoms with Gasteiger partial charge in [0.25, 0.3) is 0 Å². The van der Waals surface area contributed by atoms with Crippen LogP contribution in [0.25, 0.3) is 22.0 Å². The predicted octanol–water partition coefficient (Wildman–Crippen LogP) is 8.71. The summed E-state index contributed by atoms with van der Waals surface area (Å²) in [5, 5.41) is 20.5. The van der Waals surface area contributed by atoms with E-state index in [4.69, 9.17) is 31.1 Å². The van der Waals surface area contributed by atoms with E-state index in [0.29, 0.717) is 52.6 Å². The van der Waals surface area contributed by atoms with Crippen LogP contribution in [0.3, 0.4) is 0 Å². The van der Waals surface area contributed by atoms with Crippen LogP contribution in [0, 0.1) is 11.3 Å². The van der Waals surface area contributed by atoms with E-state index in [1.807, 2.05) is 78.9 Å². The zero-order valence-electron chi connectivity index (χ0n) is 23.3. The number of rotatable bonds is 11. The summed E-state index contributed by atoms with van der Waals surface area (Å²) in [5.74, 6) is 0.773. The van der Waals surface area contributed by atoms with E-state index < -0.39 is 5.97 Å². The third-order valence-electron chi connectivity index (χ3n) is 7.66. The SMILES string of the molecule is N#CCCCCC(Oc1ccc2[nH]c(C(=O)O)c(-c3ccccc3)c2c1Cc1cc2c(cc1Cl)OCO2)c1ccccc1. The molecule has 0 bridgehead atoms. The van der Waals surface area contributed by atoms with E-state index >= 15 is 0 Å². The van der Waals surface area contributed by atoms with Gasteiger partial charge >= 0.3 is 5.97 Å². The van der Waals surface area contributed by atoms with Crippen molar-refractivity contribution in [3.05, 3.63) is 112 Å². The Morgan fingerprint density at radius 3 is 2.44 bits per heavy atom. The normalized spacial score (nSPS) is 12.7. The number of halogens is 1. The molecule has 0 aliphatic carbocycles. The maximum absolute atomic E-state index is 12.5. The maximum Gasteiger partial charge on any atom is 0.352 e. The molecule has 1 unspecified atom stereocenters. The molecule has 0 amide bonds. The van der Waals surface area contributed by atoms with Crippen molar-refractivity contribution in [2.45, 2.75) is 38.2 Å². The molecular weight excluding hydrogens is 564 g/mol. The molecular formula is C35H29ClN2O5. The van der Waals surface area contributed by atoms with Gasteiger partial charge in [0.1, 0.15) is 17.5 Å². The fourth-order valence-electron chi connectivity index (χ4n) is 5.61. The van der Waals surface area contributed by atoms with Gasteiger partial charge < -0.3 is 24.3 Å². The Morgan fingerprint density at radius 1 is 1.00 bits per heavy atom. The summed E-state index contributed by atoms with van der Waals surface area (Å²) in [5.41, 5.74) is 4.77. The molecule has 0 saturated carbocycles. The van der Waals surface area contributed by atoms with Crippen LogP contribution >= 0.6 is 11.6 Å². The first-order chi connectivity index (χ1) is 21.0. The molecule has 1 aromatic heterocycles. The molecule has 1 aliphatic rings. The van der Waals surface area contributed by atoms with E-state index in [0.717, 1.165) is 40.5 Å². The monoisotopic (exact) mass is 592 g/mol. The smallest absolute Gasteiger partial charge is 0.352 e. The van der Waals surface area contributed by atoms with E-state index in [-0.39, 0.29) is 18.6 Å². The molecule has 1 atom stereocenters. The summed E-state index contributed by atoms with van der Waals surface area (Å²) < 4.78 is 18.0. The highest BCUT2D eigenvalue weighted by molar-refractivity contribution is 6.31. The third-order valence-corrected chi connectivity index (χ3v) is 8.01. The Morgan fingerprint density at radius 2 is 1.72 bits per heavy atom. The van der Waals surface area contributed by atoms with Crippen LogP contribution in [-0.2, 0) is 6.42 Å². The fourth-order valence-corrected chi connectivity index (χ4v) is 5.83. The Bertz CT molecular complexity index is 1810. The third kappa shape index (κ3) is 5.88. The number of benzene rings is 4. The van der Waals surface area contributed by atoms with Crippen LogP contribution in [-0.4, -0.2) is 22.9 Å². The molecule has 0 saturated heterocycles. The van der Waals surface area contributed by atoms with Crippen molar-refractivity contribution < 1.29 is 24.1 Å². The highest BCUT2D eigenvalue weighted by Crippen LogP contribution is 2.44. The lowest BCUT2D eigenvalue weighted by Crippen LogP contribution is -2.10. The lowest BCUT2D eigenvalue weighted by atomic mass is 9.93. The van der Waals surface area contributed by atoms with Crippen LogP contribution in [0.4, 0.5) is 0 Å². The second-order valence-corrected chi connectivity index (χ2v) is 10.8. The molecule has 0 fully saturated rings. The van der Waals surface area contributed by atoms with Crippen LogP contribution in [0.1, 0.15) is 59.0 Å². The van der Waals surface area contributed by atoms with Gasteiger partial charge in [-0.2, -0.15) is 5.26 Å². The first kappa shape index (κ1) is 28.2. The number of carbonyl (C=O) groups is 1. The van der Waals surface area contributed by atoms with Crippen molar-refractivity contribution in [3.63, 3.8) is 0 Å². The zero-order valence-corrected chi connectivity index (χ0v) is 24.1. The number of aromatic nitrogens is 1. The summed E-state index contributed by atoms with van der Waals surface area (Å²) >= 11 is 6.77. The molecule has 2 heterocycles. The van der Waals surface area contributed by atoms with Gasteiger partial charge in [-0.1, -0.05) is 72.3 Å². The fraction of sp³-hybridized carbons (Fsp3) is 0.200. The van der Waals surface area contributed by atoms with Gasteiger partial charge in [0.05, 0.1) is 6.07 Å². The van der Waals surface area contributed by atoms with E-state index in [1.54, 1.807) is 6.07 Å². The van der Waals surface area contributed by atoms with Crippen molar-refractivity contribution in [3.8, 4) is 34.4 Å². The van der Waals surface area contributed by atoms with Gasteiger partial charge in [-0.3, -0.25) is 0 Å². The van der Waals surface area contributed by atoms with Crippen molar-refractivity contribution in [2.24, 2.45) is 0 Å². The predicted molar refractivity (Wildman–Crippen MR) is 165 cm³/mol. The van der Waals surface area contributed by atoms with Gasteiger partial charge in [0.15, 0.2) is 11.5 Å². The van der Waals surface area contributed by atoms with Crippen molar-refractivity contribution >= 4 is 28.5 Å². The van der Waals surface area contributed by atoms with Gasteiger partial charge in [0.2, 0.25) is 6.79 Å². The minimum atomic E-state index is -1.05. The van der Waals surface area contributed by atoms with Crippen LogP contribution in [0.5, 0.6) is 17.2 Å². The molecule has 5 aromatic rings. The number of hydrogen-bond donors (Lipinski definition) is 2. The number of unbranched alkanes of at least 4 members (excludes halogenated alkanes) is 2. The molecule has 0 radical (unpaired) electrons. The van der Waals surface area contributed by atoms with Crippen molar-refractivity contribution in [2.75, 3.05) is 6.79 Å². The lowest BCUT2D eigenvalue weighted by molar-refractivity contribution is 0.0692. The minimum Gasteiger partial charge on any atom is -0.485 e. The first-order valence-corrected chi connectivity index (χ1v) is 14.5. The van der Waals surface area contributed by atoms with E-state index in [1.165, 1.54) is 0 Å². The molecule has 0 spiro atoms. The highest BCUT2D eigenvalue weighted by Gasteiger charge is 2.26. The molecule has 1 aliphatic heterocycles. The number of carboxylic acids is 1. The van der Waals surface area contributed by atoms with Gasteiger partial charge in [-0.15, -0.1) is 0 Å². The van der Waals surface area contributed by atoms with Gasteiger partial charge in [-0.25, -0.2) is 4.79 Å². The number of aromatic amines is 1. The summed E-state index contributed by atoms with van der Waals surface area (Å²) in [6, 6.07) is 29.1. The molecule has 2 N–H and O–H groups in total. The second-order valence-electron chi connectivity index (χ2n) is 10.4. The summed E-state index contributed by atoms with van der Waals surface area (Å²) in [6.07, 6.45) is 2.88. The Hall–Kier alpha value is -4.93. The van der Waals surface area contributed by atoms with Crippen LogP contribution < -0.4 is 14.2 Å². The number of carboxylic acid groups (broad SMARTS) is 1. The Balaban J connectivity index is 1.53. The number of ether oxygens (including phenoxy) is 3. The largest absolute Gasteiger partial charge is 0.485 e. The van der Waals surface area contributed by atoms with Crippen molar-refractivity contribution in [1.82, 2.24) is 4.98 Å². The Labute approximate surface area is 254 Å². The number of nitrogens with zero attached hydrogens (tertiary/aromatic N) is 1. The van der Waals surface area contributed by atoms with Crippen LogP contribution in [0.2, 0.25) is 5.02 Å². The molecule has 43 heavy (non-hydrogen) atoms. The Kier molecular flexibility index (Phi) is 8.21.